The highest BCUT2D eigenvalue weighted by Crippen LogP contribution is 2.52. The van der Waals surface area contributed by atoms with Crippen LogP contribution in [0.15, 0.2) is 47.5 Å². The minimum Gasteiger partial charge on any atom is -0.611 e. The summed E-state index contributed by atoms with van der Waals surface area (Å²) in [6.45, 7) is 5.71. The van der Waals surface area contributed by atoms with Gasteiger partial charge >= 0.3 is 0 Å². The number of hydrogen-bond donors (Lipinski definition) is 3. The van der Waals surface area contributed by atoms with Crippen LogP contribution >= 0.6 is 11.6 Å². The molecule has 1 aliphatic heterocycles. The smallest absolute Gasteiger partial charge is 0.229 e. The number of para-hydroxylation sites is 1. The molecule has 3 N–H and O–H groups in total. The molecule has 0 saturated heterocycles. The van der Waals surface area contributed by atoms with Crippen LogP contribution < -0.4 is 20.7 Å². The molecule has 1 saturated carbocycles. The summed E-state index contributed by atoms with van der Waals surface area (Å²) in [6.07, 6.45) is 3.97. The Morgan fingerprint density at radius 1 is 1.18 bits per heavy atom. The topological polar surface area (TPSA) is 94.2 Å². The number of benzene rings is 2. The van der Waals surface area contributed by atoms with E-state index < -0.39 is 11.2 Å². The minimum absolute atomic E-state index is 0.0122. The molecule has 1 atom stereocenters. The van der Waals surface area contributed by atoms with Gasteiger partial charge < -0.3 is 25.2 Å². The molecular formula is C25H28ClN5O2S. The molecule has 0 radical (unpaired) electrons. The Morgan fingerprint density at radius 2 is 1.97 bits per heavy atom. The molecule has 5 rings (SSSR count). The summed E-state index contributed by atoms with van der Waals surface area (Å²) in [5.74, 6) is 1.58. The number of methoxy groups -OCH3 is 1. The monoisotopic (exact) mass is 497 g/mol. The normalized spacial score (nSPS) is 16.8. The van der Waals surface area contributed by atoms with Crippen LogP contribution in [0.4, 0.5) is 23.1 Å². The third-order valence-corrected chi connectivity index (χ3v) is 8.33. The fraction of sp³-hybridized carbons (Fsp3) is 0.360. The third kappa shape index (κ3) is 4.43. The highest BCUT2D eigenvalue weighted by molar-refractivity contribution is 7.92. The van der Waals surface area contributed by atoms with E-state index in [1.54, 1.807) is 13.3 Å². The van der Waals surface area contributed by atoms with Gasteiger partial charge in [-0.3, -0.25) is 0 Å². The largest absolute Gasteiger partial charge is 0.611 e. The molecule has 178 valence electrons. The number of rotatable bonds is 7. The molecule has 3 aromatic rings. The molecule has 7 nitrogen and oxygen atoms in total. The van der Waals surface area contributed by atoms with Gasteiger partial charge in [0, 0.05) is 18.5 Å². The maximum atomic E-state index is 12.8. The maximum Gasteiger partial charge on any atom is 0.229 e. The zero-order valence-electron chi connectivity index (χ0n) is 19.4. The van der Waals surface area contributed by atoms with Crippen LogP contribution in [0.25, 0.3) is 0 Å². The van der Waals surface area contributed by atoms with Crippen molar-refractivity contribution in [1.29, 1.82) is 0 Å². The average molecular weight is 498 g/mol. The van der Waals surface area contributed by atoms with E-state index in [-0.39, 0.29) is 10.7 Å². The van der Waals surface area contributed by atoms with E-state index in [1.807, 2.05) is 38.1 Å². The van der Waals surface area contributed by atoms with Gasteiger partial charge in [-0.1, -0.05) is 23.7 Å². The Hall–Kier alpha value is -2.52. The van der Waals surface area contributed by atoms with Crippen molar-refractivity contribution in [2.45, 2.75) is 48.8 Å². The fourth-order valence-corrected chi connectivity index (χ4v) is 5.62. The predicted molar refractivity (Wildman–Crippen MR) is 137 cm³/mol. The number of halogens is 1. The van der Waals surface area contributed by atoms with Crippen LogP contribution in [0.1, 0.15) is 37.8 Å². The van der Waals surface area contributed by atoms with E-state index in [0.717, 1.165) is 24.5 Å². The molecule has 1 unspecified atom stereocenters. The van der Waals surface area contributed by atoms with E-state index in [2.05, 4.69) is 38.1 Å². The number of ether oxygens (including phenoxy) is 1. The van der Waals surface area contributed by atoms with Crippen LogP contribution in [-0.4, -0.2) is 33.4 Å². The van der Waals surface area contributed by atoms with Crippen molar-refractivity contribution in [3.05, 3.63) is 58.7 Å². The molecule has 1 fully saturated rings. The molecule has 2 heterocycles. The van der Waals surface area contributed by atoms with Gasteiger partial charge in [0.15, 0.2) is 10.7 Å². The van der Waals surface area contributed by atoms with E-state index >= 15 is 0 Å². The lowest BCUT2D eigenvalue weighted by atomic mass is 9.87. The quantitative estimate of drug-likeness (QED) is 0.382. The van der Waals surface area contributed by atoms with Crippen LogP contribution in [0.3, 0.4) is 0 Å². The van der Waals surface area contributed by atoms with E-state index in [4.69, 9.17) is 16.3 Å². The summed E-state index contributed by atoms with van der Waals surface area (Å²) < 4.78 is 18.5. The van der Waals surface area contributed by atoms with Gasteiger partial charge in [-0.2, -0.15) is 4.98 Å². The average Bonchev–Trinajstić information content (AvgIpc) is 3.61. The van der Waals surface area contributed by atoms with Gasteiger partial charge in [-0.25, -0.2) is 4.98 Å². The Morgan fingerprint density at radius 3 is 2.71 bits per heavy atom. The van der Waals surface area contributed by atoms with Crippen molar-refractivity contribution in [2.24, 2.45) is 0 Å². The van der Waals surface area contributed by atoms with Crippen molar-refractivity contribution in [2.75, 3.05) is 24.3 Å². The Balaban J connectivity index is 1.44. The predicted octanol–water partition coefficient (Wildman–Crippen LogP) is 5.28. The third-order valence-electron chi connectivity index (χ3n) is 6.40. The van der Waals surface area contributed by atoms with E-state index in [9.17, 15) is 4.55 Å². The fourth-order valence-electron chi connectivity index (χ4n) is 4.42. The summed E-state index contributed by atoms with van der Waals surface area (Å²) in [5.41, 5.74) is 4.41. The molecule has 34 heavy (non-hydrogen) atoms. The first-order chi connectivity index (χ1) is 16.4. The molecule has 1 spiro atoms. The second-order valence-corrected chi connectivity index (χ2v) is 11.5. The zero-order valence-corrected chi connectivity index (χ0v) is 21.0. The molecule has 0 bridgehead atoms. The van der Waals surface area contributed by atoms with Gasteiger partial charge in [0.2, 0.25) is 5.95 Å². The summed E-state index contributed by atoms with van der Waals surface area (Å²) in [6, 6.07) is 11.7. The van der Waals surface area contributed by atoms with Gasteiger partial charge in [0.25, 0.3) is 0 Å². The first kappa shape index (κ1) is 23.2. The van der Waals surface area contributed by atoms with Crippen LogP contribution in [-0.2, 0) is 23.1 Å². The van der Waals surface area contributed by atoms with Crippen molar-refractivity contribution < 1.29 is 9.29 Å². The van der Waals surface area contributed by atoms with Crippen molar-refractivity contribution in [3.63, 3.8) is 0 Å². The summed E-state index contributed by atoms with van der Waals surface area (Å²) in [7, 11) is 1.68. The van der Waals surface area contributed by atoms with Gasteiger partial charge in [0.05, 0.1) is 24.7 Å². The van der Waals surface area contributed by atoms with Crippen molar-refractivity contribution in [1.82, 2.24) is 15.3 Å². The molecule has 1 aliphatic carbocycles. The van der Waals surface area contributed by atoms with Gasteiger partial charge in [-0.15, -0.1) is 0 Å². The Bertz CT molecular complexity index is 1220. The lowest BCUT2D eigenvalue weighted by Crippen LogP contribution is -2.33. The van der Waals surface area contributed by atoms with E-state index in [1.165, 1.54) is 24.0 Å². The molecule has 9 heteroatoms. The molecular weight excluding hydrogens is 470 g/mol. The number of aromatic nitrogens is 2. The number of hydrogen-bond acceptors (Lipinski definition) is 7. The lowest BCUT2D eigenvalue weighted by Gasteiger charge is -2.28. The van der Waals surface area contributed by atoms with Crippen LogP contribution in [0.5, 0.6) is 5.75 Å². The summed E-state index contributed by atoms with van der Waals surface area (Å²) in [4.78, 5) is 9.67. The molecule has 1 aromatic heterocycles. The standard InChI is InChI=1S/C25H28ClN5O2S/c1-15(2)34(32)22-7-5-4-6-19(22)29-23-18(26)13-28-24(31-23)30-20-10-16-12-27-14-25(8-9-25)17(16)11-21(20)33-3/h4-7,10-11,13,15,27H,8-9,12,14H2,1-3H3,(H2,28,29,30,31). The summed E-state index contributed by atoms with van der Waals surface area (Å²) >= 11 is 5.25. The van der Waals surface area contributed by atoms with Crippen LogP contribution in [0, 0.1) is 0 Å². The van der Waals surface area contributed by atoms with Crippen molar-refractivity contribution >= 4 is 45.9 Å². The Labute approximate surface area is 207 Å². The maximum absolute atomic E-state index is 12.8. The zero-order chi connectivity index (χ0) is 23.9. The Kier molecular flexibility index (Phi) is 6.33. The second kappa shape index (κ2) is 9.26. The highest BCUT2D eigenvalue weighted by atomic mass is 35.5. The number of nitrogens with zero attached hydrogens (tertiary/aromatic N) is 2. The number of anilines is 4. The second-order valence-electron chi connectivity index (χ2n) is 9.08. The van der Waals surface area contributed by atoms with E-state index in [0.29, 0.717) is 27.4 Å². The number of fused-ring (bicyclic) bond motifs is 2. The van der Waals surface area contributed by atoms with Gasteiger partial charge in [-0.05, 0) is 73.3 Å². The van der Waals surface area contributed by atoms with Crippen molar-refractivity contribution in [3.8, 4) is 5.75 Å². The number of nitrogens with one attached hydrogen (secondary N) is 3. The SMILES string of the molecule is COc1cc2c(cc1Nc1ncc(Cl)c(Nc3ccccc3[S+]([O-])C(C)C)n1)CNCC21CC1. The molecule has 0 amide bonds. The molecule has 2 aromatic carbocycles. The first-order valence-corrected chi connectivity index (χ1v) is 13.0. The van der Waals surface area contributed by atoms with Crippen LogP contribution in [0.2, 0.25) is 5.02 Å². The van der Waals surface area contributed by atoms with Gasteiger partial charge in [0.1, 0.15) is 16.0 Å². The minimum atomic E-state index is -1.16. The first-order valence-electron chi connectivity index (χ1n) is 11.4. The molecule has 2 aliphatic rings. The lowest BCUT2D eigenvalue weighted by molar-refractivity contribution is 0.413. The summed E-state index contributed by atoms with van der Waals surface area (Å²) in [5, 5.41) is 10.4. The highest BCUT2D eigenvalue weighted by Gasteiger charge is 2.47.